The first-order chi connectivity index (χ1) is 10.7. The number of nitrogens with zero attached hydrogens (tertiary/aromatic N) is 2. The molecule has 1 heterocycles. The summed E-state index contributed by atoms with van der Waals surface area (Å²) in [6.45, 7) is 0. The van der Waals surface area contributed by atoms with E-state index in [4.69, 9.17) is 0 Å². The average Bonchev–Trinajstić information content (AvgIpc) is 2.57. The van der Waals surface area contributed by atoms with Crippen LogP contribution in [0.25, 0.3) is 17.0 Å². The number of hydrogen-bond acceptors (Lipinski definition) is 3. The summed E-state index contributed by atoms with van der Waals surface area (Å²) < 4.78 is 1.08. The van der Waals surface area contributed by atoms with Gasteiger partial charge in [0.25, 0.3) is 11.5 Å². The van der Waals surface area contributed by atoms with Crippen LogP contribution in [0, 0.1) is 0 Å². The molecule has 2 aromatic carbocycles. The topological polar surface area (TPSA) is 64.0 Å². The fraction of sp³-hybridized carbons (Fsp3) is 0. The summed E-state index contributed by atoms with van der Waals surface area (Å²) in [7, 11) is 0. The van der Waals surface area contributed by atoms with Gasteiger partial charge in [0.15, 0.2) is 0 Å². The van der Waals surface area contributed by atoms with Gasteiger partial charge in [0.05, 0.1) is 10.9 Å². The predicted octanol–water partition coefficient (Wildman–Crippen LogP) is 2.18. The normalized spacial score (nSPS) is 10.9. The van der Waals surface area contributed by atoms with Crippen LogP contribution in [0.1, 0.15) is 5.56 Å². The Morgan fingerprint density at radius 1 is 1.05 bits per heavy atom. The quantitative estimate of drug-likeness (QED) is 0.752. The smallest absolute Gasteiger partial charge is 0.268 e. The molecule has 0 unspecified atom stereocenters. The van der Waals surface area contributed by atoms with E-state index in [0.29, 0.717) is 10.9 Å². The fourth-order valence-electron chi connectivity index (χ4n) is 2.04. The highest BCUT2D eigenvalue weighted by Gasteiger charge is 2.04. The van der Waals surface area contributed by atoms with Gasteiger partial charge in [0.1, 0.15) is 6.33 Å². The standard InChI is InChI=1S/C17H13N3O2/c21-16(11-10-13-6-2-1-3-7-13)19-20-12-18-15-9-5-4-8-14(15)17(20)22/h1-12H,(H,19,21). The third kappa shape index (κ3) is 2.93. The monoisotopic (exact) mass is 291 g/mol. The average molecular weight is 291 g/mol. The van der Waals surface area contributed by atoms with Gasteiger partial charge in [-0.2, -0.15) is 0 Å². The molecule has 3 aromatic rings. The molecule has 0 fully saturated rings. The number of carbonyl (C=O) groups excluding carboxylic acids is 1. The molecule has 108 valence electrons. The highest BCUT2D eigenvalue weighted by Crippen LogP contribution is 2.04. The van der Waals surface area contributed by atoms with Crippen LogP contribution >= 0.6 is 0 Å². The molecule has 22 heavy (non-hydrogen) atoms. The van der Waals surface area contributed by atoms with Gasteiger partial charge in [-0.1, -0.05) is 42.5 Å². The van der Waals surface area contributed by atoms with Gasteiger partial charge in [0, 0.05) is 6.08 Å². The second kappa shape index (κ2) is 6.05. The van der Waals surface area contributed by atoms with Crippen molar-refractivity contribution >= 4 is 22.9 Å². The zero-order valence-corrected chi connectivity index (χ0v) is 11.6. The summed E-state index contributed by atoms with van der Waals surface area (Å²) in [6, 6.07) is 16.4. The lowest BCUT2D eigenvalue weighted by atomic mass is 10.2. The molecule has 1 aromatic heterocycles. The Balaban J connectivity index is 1.81. The van der Waals surface area contributed by atoms with Crippen LogP contribution in [0.4, 0.5) is 0 Å². The van der Waals surface area contributed by atoms with Gasteiger partial charge in [-0.3, -0.25) is 15.0 Å². The minimum absolute atomic E-state index is 0.313. The summed E-state index contributed by atoms with van der Waals surface area (Å²) >= 11 is 0. The van der Waals surface area contributed by atoms with Crippen LogP contribution in [0.5, 0.6) is 0 Å². The second-order valence-electron chi connectivity index (χ2n) is 4.66. The van der Waals surface area contributed by atoms with Gasteiger partial charge in [0.2, 0.25) is 0 Å². The minimum Gasteiger partial charge on any atom is -0.268 e. The van der Waals surface area contributed by atoms with Crippen LogP contribution in [0.2, 0.25) is 0 Å². The summed E-state index contributed by atoms with van der Waals surface area (Å²) in [5.74, 6) is -0.400. The molecule has 0 aliphatic rings. The van der Waals surface area contributed by atoms with Crippen molar-refractivity contribution < 1.29 is 4.79 Å². The zero-order chi connectivity index (χ0) is 15.4. The van der Waals surface area contributed by atoms with E-state index in [2.05, 4.69) is 10.4 Å². The lowest BCUT2D eigenvalue weighted by Crippen LogP contribution is -2.32. The molecular formula is C17H13N3O2. The minimum atomic E-state index is -0.400. The number of aromatic nitrogens is 2. The number of benzene rings is 2. The van der Waals surface area contributed by atoms with Gasteiger partial charge >= 0.3 is 0 Å². The van der Waals surface area contributed by atoms with Gasteiger partial charge in [-0.05, 0) is 23.8 Å². The molecule has 0 atom stereocenters. The maximum atomic E-state index is 12.2. The van der Waals surface area contributed by atoms with Crippen LogP contribution in [-0.2, 0) is 4.79 Å². The molecular weight excluding hydrogens is 278 g/mol. The Kier molecular flexibility index (Phi) is 3.78. The van der Waals surface area contributed by atoms with Crippen molar-refractivity contribution in [2.24, 2.45) is 0 Å². The largest absolute Gasteiger partial charge is 0.280 e. The predicted molar refractivity (Wildman–Crippen MR) is 85.8 cm³/mol. The lowest BCUT2D eigenvalue weighted by Gasteiger charge is -2.06. The fourth-order valence-corrected chi connectivity index (χ4v) is 2.04. The molecule has 1 N–H and O–H groups in total. The first-order valence-electron chi connectivity index (χ1n) is 6.74. The van der Waals surface area contributed by atoms with E-state index in [1.165, 1.54) is 12.4 Å². The van der Waals surface area contributed by atoms with Crippen molar-refractivity contribution in [3.05, 3.63) is 82.9 Å². The van der Waals surface area contributed by atoms with E-state index in [1.54, 1.807) is 30.3 Å². The molecule has 0 spiro atoms. The molecule has 5 nitrogen and oxygen atoms in total. The Morgan fingerprint density at radius 2 is 1.77 bits per heavy atom. The first kappa shape index (κ1) is 13.8. The van der Waals surface area contributed by atoms with Crippen molar-refractivity contribution in [2.75, 3.05) is 5.43 Å². The van der Waals surface area contributed by atoms with E-state index < -0.39 is 5.91 Å². The zero-order valence-electron chi connectivity index (χ0n) is 11.6. The Morgan fingerprint density at radius 3 is 2.59 bits per heavy atom. The highest BCUT2D eigenvalue weighted by atomic mass is 16.2. The van der Waals surface area contributed by atoms with Crippen LogP contribution in [-0.4, -0.2) is 15.6 Å². The van der Waals surface area contributed by atoms with E-state index in [0.717, 1.165) is 10.2 Å². The number of nitrogens with one attached hydrogen (secondary N) is 1. The third-order valence-corrected chi connectivity index (χ3v) is 3.12. The molecule has 0 aliphatic heterocycles. The van der Waals surface area contributed by atoms with E-state index in [9.17, 15) is 9.59 Å². The maximum absolute atomic E-state index is 12.2. The lowest BCUT2D eigenvalue weighted by molar-refractivity contribution is -0.112. The van der Waals surface area contributed by atoms with Crippen LogP contribution in [0.3, 0.4) is 0 Å². The number of carbonyl (C=O) groups is 1. The molecule has 0 saturated heterocycles. The molecule has 3 rings (SSSR count). The summed E-state index contributed by atoms with van der Waals surface area (Å²) in [6.07, 6.45) is 4.35. The van der Waals surface area contributed by atoms with Crippen molar-refractivity contribution in [3.63, 3.8) is 0 Å². The molecule has 5 heteroatoms. The summed E-state index contributed by atoms with van der Waals surface area (Å²) in [4.78, 5) is 28.2. The van der Waals surface area contributed by atoms with Gasteiger partial charge in [-0.25, -0.2) is 9.66 Å². The third-order valence-electron chi connectivity index (χ3n) is 3.12. The molecule has 0 saturated carbocycles. The molecule has 0 radical (unpaired) electrons. The van der Waals surface area contributed by atoms with Crippen LogP contribution in [0.15, 0.2) is 71.8 Å². The summed E-state index contributed by atoms with van der Waals surface area (Å²) in [5.41, 5.74) is 3.68. The number of hydrogen-bond donors (Lipinski definition) is 1. The number of amides is 1. The Labute approximate surface area is 126 Å². The van der Waals surface area contributed by atoms with Gasteiger partial charge < -0.3 is 0 Å². The van der Waals surface area contributed by atoms with Crippen molar-refractivity contribution in [1.29, 1.82) is 0 Å². The number of rotatable bonds is 3. The van der Waals surface area contributed by atoms with E-state index in [-0.39, 0.29) is 5.56 Å². The number of fused-ring (bicyclic) bond motifs is 1. The molecule has 0 bridgehead atoms. The molecule has 1 amide bonds. The van der Waals surface area contributed by atoms with E-state index in [1.807, 2.05) is 30.3 Å². The van der Waals surface area contributed by atoms with Crippen LogP contribution < -0.4 is 11.0 Å². The number of para-hydroxylation sites is 1. The SMILES string of the molecule is O=C(C=Cc1ccccc1)Nn1cnc2ccccc2c1=O. The second-order valence-corrected chi connectivity index (χ2v) is 4.66. The first-order valence-corrected chi connectivity index (χ1v) is 6.74. The van der Waals surface area contributed by atoms with E-state index >= 15 is 0 Å². The van der Waals surface area contributed by atoms with Crippen molar-refractivity contribution in [1.82, 2.24) is 9.66 Å². The van der Waals surface area contributed by atoms with Crippen molar-refractivity contribution in [3.8, 4) is 0 Å². The maximum Gasteiger partial charge on any atom is 0.280 e. The Bertz CT molecular complexity index is 898. The highest BCUT2D eigenvalue weighted by molar-refractivity contribution is 5.97. The summed E-state index contributed by atoms with van der Waals surface area (Å²) in [5, 5.41) is 0.456. The van der Waals surface area contributed by atoms with Gasteiger partial charge in [-0.15, -0.1) is 0 Å². The Hall–Kier alpha value is -3.21. The van der Waals surface area contributed by atoms with Crippen molar-refractivity contribution in [2.45, 2.75) is 0 Å². The molecule has 0 aliphatic carbocycles.